The SMILES string of the molecule is Cc1cc(Nc2nccc(-c3c(C)[nH]c(C#N)c3C)n2)cnc1Cl. The van der Waals surface area contributed by atoms with E-state index in [0.717, 1.165) is 33.8 Å². The van der Waals surface area contributed by atoms with Gasteiger partial charge in [-0.25, -0.2) is 15.0 Å². The lowest BCUT2D eigenvalue weighted by Crippen LogP contribution is -1.99. The topological polar surface area (TPSA) is 90.3 Å². The molecule has 6 nitrogen and oxygen atoms in total. The van der Waals surface area contributed by atoms with E-state index in [4.69, 9.17) is 16.9 Å². The van der Waals surface area contributed by atoms with Crippen LogP contribution in [0.2, 0.25) is 5.15 Å². The molecule has 3 aromatic heterocycles. The van der Waals surface area contributed by atoms with Crippen LogP contribution in [0.4, 0.5) is 11.6 Å². The van der Waals surface area contributed by atoms with Crippen molar-refractivity contribution in [2.45, 2.75) is 20.8 Å². The zero-order chi connectivity index (χ0) is 17.3. The molecule has 3 heterocycles. The fourth-order valence-electron chi connectivity index (χ4n) is 2.56. The summed E-state index contributed by atoms with van der Waals surface area (Å²) in [5.74, 6) is 0.453. The van der Waals surface area contributed by atoms with Gasteiger partial charge >= 0.3 is 0 Å². The van der Waals surface area contributed by atoms with E-state index in [0.29, 0.717) is 16.8 Å². The van der Waals surface area contributed by atoms with Crippen molar-refractivity contribution in [3.05, 3.63) is 52.2 Å². The Balaban J connectivity index is 1.97. The molecule has 0 aliphatic carbocycles. The van der Waals surface area contributed by atoms with Crippen LogP contribution in [0.1, 0.15) is 22.5 Å². The number of hydrogen-bond acceptors (Lipinski definition) is 5. The number of halogens is 1. The van der Waals surface area contributed by atoms with Crippen molar-refractivity contribution in [1.29, 1.82) is 5.26 Å². The average molecular weight is 339 g/mol. The molecular formula is C17H15ClN6. The van der Waals surface area contributed by atoms with Gasteiger partial charge in [0.05, 0.1) is 17.6 Å². The van der Waals surface area contributed by atoms with Crippen molar-refractivity contribution in [3.63, 3.8) is 0 Å². The summed E-state index contributed by atoms with van der Waals surface area (Å²) < 4.78 is 0. The zero-order valence-corrected chi connectivity index (χ0v) is 14.2. The van der Waals surface area contributed by atoms with Crippen molar-refractivity contribution in [2.24, 2.45) is 0 Å². The molecule has 0 radical (unpaired) electrons. The molecule has 7 heteroatoms. The molecule has 0 aromatic carbocycles. The monoisotopic (exact) mass is 338 g/mol. The fourth-order valence-corrected chi connectivity index (χ4v) is 2.66. The fraction of sp³-hybridized carbons (Fsp3) is 0.176. The molecule has 0 aliphatic heterocycles. The number of pyridine rings is 1. The van der Waals surface area contributed by atoms with Gasteiger partial charge in [-0.1, -0.05) is 11.6 Å². The van der Waals surface area contributed by atoms with Crippen molar-refractivity contribution in [1.82, 2.24) is 19.9 Å². The van der Waals surface area contributed by atoms with Crippen LogP contribution in [0.15, 0.2) is 24.5 Å². The predicted molar refractivity (Wildman–Crippen MR) is 93.3 cm³/mol. The second-order valence-corrected chi connectivity index (χ2v) is 5.82. The van der Waals surface area contributed by atoms with Crippen molar-refractivity contribution in [2.75, 3.05) is 5.32 Å². The predicted octanol–water partition coefficient (Wildman–Crippen LogP) is 4.06. The molecular weight excluding hydrogens is 324 g/mol. The highest BCUT2D eigenvalue weighted by Crippen LogP contribution is 2.28. The third-order valence-electron chi connectivity index (χ3n) is 3.73. The van der Waals surface area contributed by atoms with Crippen LogP contribution in [0.5, 0.6) is 0 Å². The number of nitrogens with one attached hydrogen (secondary N) is 2. The molecule has 0 spiro atoms. The smallest absolute Gasteiger partial charge is 0.227 e. The molecule has 0 saturated carbocycles. The van der Waals surface area contributed by atoms with Gasteiger partial charge in [0.1, 0.15) is 16.9 Å². The van der Waals surface area contributed by atoms with Crippen molar-refractivity contribution in [3.8, 4) is 17.3 Å². The van der Waals surface area contributed by atoms with Gasteiger partial charge in [-0.15, -0.1) is 0 Å². The minimum Gasteiger partial charge on any atom is -0.350 e. The maximum Gasteiger partial charge on any atom is 0.227 e. The normalized spacial score (nSPS) is 10.5. The Bertz CT molecular complexity index is 954. The van der Waals surface area contributed by atoms with Gasteiger partial charge in [0.2, 0.25) is 5.95 Å². The van der Waals surface area contributed by atoms with E-state index in [1.165, 1.54) is 0 Å². The van der Waals surface area contributed by atoms with Crippen LogP contribution in [0, 0.1) is 32.1 Å². The van der Waals surface area contributed by atoms with Gasteiger partial charge in [-0.05, 0) is 44.0 Å². The van der Waals surface area contributed by atoms with Crippen LogP contribution in [0.3, 0.4) is 0 Å². The van der Waals surface area contributed by atoms with Crippen molar-refractivity contribution >= 4 is 23.2 Å². The maximum absolute atomic E-state index is 9.16. The van der Waals surface area contributed by atoms with E-state index in [9.17, 15) is 0 Å². The van der Waals surface area contributed by atoms with Gasteiger partial charge in [-0.2, -0.15) is 5.26 Å². The second-order valence-electron chi connectivity index (χ2n) is 5.46. The summed E-state index contributed by atoms with van der Waals surface area (Å²) in [6.45, 7) is 5.71. The lowest BCUT2D eigenvalue weighted by molar-refractivity contribution is 1.15. The number of nitriles is 1. The summed E-state index contributed by atoms with van der Waals surface area (Å²) in [4.78, 5) is 16.0. The quantitative estimate of drug-likeness (QED) is 0.703. The third-order valence-corrected chi connectivity index (χ3v) is 4.13. The molecule has 0 fully saturated rings. The molecule has 3 rings (SSSR count). The van der Waals surface area contributed by atoms with E-state index in [2.05, 4.69) is 31.3 Å². The molecule has 3 aromatic rings. The first-order valence-electron chi connectivity index (χ1n) is 7.31. The first-order chi connectivity index (χ1) is 11.5. The Hall–Kier alpha value is -2.91. The lowest BCUT2D eigenvalue weighted by atomic mass is 10.1. The second kappa shape index (κ2) is 6.30. The zero-order valence-electron chi connectivity index (χ0n) is 13.5. The van der Waals surface area contributed by atoms with Crippen LogP contribution in [-0.2, 0) is 0 Å². The number of nitrogens with zero attached hydrogens (tertiary/aromatic N) is 4. The summed E-state index contributed by atoms with van der Waals surface area (Å²) in [6.07, 6.45) is 3.31. The van der Waals surface area contributed by atoms with Crippen LogP contribution < -0.4 is 5.32 Å². The largest absolute Gasteiger partial charge is 0.350 e. The van der Waals surface area contributed by atoms with Gasteiger partial charge in [0, 0.05) is 17.5 Å². The molecule has 0 amide bonds. The number of anilines is 2. The van der Waals surface area contributed by atoms with Crippen molar-refractivity contribution < 1.29 is 0 Å². The Morgan fingerprint density at radius 1 is 1.25 bits per heavy atom. The van der Waals surface area contributed by atoms with E-state index >= 15 is 0 Å². The molecule has 0 unspecified atom stereocenters. The number of aromatic amines is 1. The molecule has 2 N–H and O–H groups in total. The van der Waals surface area contributed by atoms with Gasteiger partial charge < -0.3 is 10.3 Å². The Labute approximate surface area is 144 Å². The van der Waals surface area contributed by atoms with Crippen LogP contribution in [0.25, 0.3) is 11.3 Å². The summed E-state index contributed by atoms with van der Waals surface area (Å²) in [6, 6.07) is 5.86. The first kappa shape index (κ1) is 16.0. The number of rotatable bonds is 3. The highest BCUT2D eigenvalue weighted by Gasteiger charge is 2.15. The summed E-state index contributed by atoms with van der Waals surface area (Å²) in [7, 11) is 0. The number of aromatic nitrogens is 4. The van der Waals surface area contributed by atoms with Gasteiger partial charge in [-0.3, -0.25) is 0 Å². The standard InChI is InChI=1S/C17H15ClN6/c1-9-6-12(8-21-16(9)18)23-17-20-5-4-13(24-17)15-10(2)14(7-19)22-11(15)3/h4-6,8,22H,1-3H3,(H,20,23,24). The summed E-state index contributed by atoms with van der Waals surface area (Å²) >= 11 is 5.94. The minimum absolute atomic E-state index is 0.453. The third kappa shape index (κ3) is 2.94. The number of aryl methyl sites for hydroxylation is 2. The highest BCUT2D eigenvalue weighted by atomic mass is 35.5. The van der Waals surface area contributed by atoms with E-state index in [1.54, 1.807) is 12.4 Å². The Morgan fingerprint density at radius 2 is 2.04 bits per heavy atom. The van der Waals surface area contributed by atoms with Crippen LogP contribution in [-0.4, -0.2) is 19.9 Å². The maximum atomic E-state index is 9.16. The van der Waals surface area contributed by atoms with E-state index < -0.39 is 0 Å². The average Bonchev–Trinajstić information content (AvgIpc) is 2.85. The molecule has 0 bridgehead atoms. The molecule has 0 saturated heterocycles. The van der Waals surface area contributed by atoms with Gasteiger partial charge in [0.25, 0.3) is 0 Å². The summed E-state index contributed by atoms with van der Waals surface area (Å²) in [5, 5.41) is 12.8. The van der Waals surface area contributed by atoms with Gasteiger partial charge in [0.15, 0.2) is 0 Å². The molecule has 120 valence electrons. The van der Waals surface area contributed by atoms with Crippen LogP contribution >= 0.6 is 11.6 Å². The first-order valence-corrected chi connectivity index (χ1v) is 7.69. The number of H-pyrrole nitrogens is 1. The Morgan fingerprint density at radius 3 is 2.71 bits per heavy atom. The molecule has 0 aliphatic rings. The number of hydrogen-bond donors (Lipinski definition) is 2. The minimum atomic E-state index is 0.453. The lowest BCUT2D eigenvalue weighted by Gasteiger charge is -2.08. The van der Waals surface area contributed by atoms with E-state index in [-0.39, 0.29) is 0 Å². The molecule has 0 atom stereocenters. The Kier molecular flexibility index (Phi) is 4.19. The molecule has 24 heavy (non-hydrogen) atoms. The summed E-state index contributed by atoms with van der Waals surface area (Å²) in [5.41, 5.74) is 5.62. The van der Waals surface area contributed by atoms with E-state index in [1.807, 2.05) is 32.9 Å². The highest BCUT2D eigenvalue weighted by molar-refractivity contribution is 6.30.